The zero-order valence-corrected chi connectivity index (χ0v) is 14.1. The van der Waals surface area contributed by atoms with Crippen LogP contribution in [0.1, 0.15) is 30.3 Å². The van der Waals surface area contributed by atoms with Crippen LogP contribution in [-0.4, -0.2) is 39.1 Å². The molecule has 0 radical (unpaired) electrons. The van der Waals surface area contributed by atoms with Crippen molar-refractivity contribution >= 4 is 23.4 Å². The first-order valence-electron chi connectivity index (χ1n) is 7.88. The smallest absolute Gasteiger partial charge is 0.274 e. The lowest BCUT2D eigenvalue weighted by atomic mass is 9.92. The van der Waals surface area contributed by atoms with E-state index >= 15 is 0 Å². The Kier molecular flexibility index (Phi) is 4.57. The zero-order chi connectivity index (χ0) is 17.3. The largest absolute Gasteiger partial charge is 0.369 e. The molecule has 7 heteroatoms. The van der Waals surface area contributed by atoms with Gasteiger partial charge in [-0.25, -0.2) is 4.68 Å². The summed E-state index contributed by atoms with van der Waals surface area (Å²) in [5.41, 5.74) is 6.43. The van der Waals surface area contributed by atoms with Gasteiger partial charge < -0.3 is 10.6 Å². The molecule has 2 atom stereocenters. The minimum absolute atomic E-state index is 0.0542. The predicted octanol–water partition coefficient (Wildman–Crippen LogP) is 2.25. The van der Waals surface area contributed by atoms with Crippen LogP contribution in [0.3, 0.4) is 0 Å². The van der Waals surface area contributed by atoms with Crippen LogP contribution in [0, 0.1) is 5.92 Å². The first-order chi connectivity index (χ1) is 11.5. The van der Waals surface area contributed by atoms with E-state index in [2.05, 4.69) is 5.10 Å². The minimum atomic E-state index is -0.360. The minimum Gasteiger partial charge on any atom is -0.369 e. The number of carbonyl (C=O) groups excluding carboxylic acids is 2. The van der Waals surface area contributed by atoms with Crippen molar-refractivity contribution in [3.05, 3.63) is 47.2 Å². The van der Waals surface area contributed by atoms with Gasteiger partial charge in [0.1, 0.15) is 0 Å². The maximum atomic E-state index is 12.8. The summed E-state index contributed by atoms with van der Waals surface area (Å²) in [5, 5.41) is 4.90. The topological polar surface area (TPSA) is 81.2 Å². The summed E-state index contributed by atoms with van der Waals surface area (Å²) < 4.78 is 1.58. The summed E-state index contributed by atoms with van der Waals surface area (Å²) in [7, 11) is 0. The number of nitrogens with zero attached hydrogens (tertiary/aromatic N) is 3. The predicted molar refractivity (Wildman–Crippen MR) is 91.0 cm³/mol. The molecule has 0 aliphatic carbocycles. The van der Waals surface area contributed by atoms with Crippen LogP contribution >= 0.6 is 11.6 Å². The Balaban J connectivity index is 1.83. The molecule has 1 saturated heterocycles. The molecule has 0 spiro atoms. The van der Waals surface area contributed by atoms with Crippen LogP contribution in [-0.2, 0) is 4.79 Å². The molecular weight excluding hydrogens is 328 g/mol. The van der Waals surface area contributed by atoms with Crippen molar-refractivity contribution in [2.24, 2.45) is 11.7 Å². The fourth-order valence-corrected chi connectivity index (χ4v) is 3.20. The van der Waals surface area contributed by atoms with Gasteiger partial charge in [-0.05, 0) is 38.0 Å². The van der Waals surface area contributed by atoms with Crippen molar-refractivity contribution in [2.75, 3.05) is 6.54 Å². The number of benzene rings is 1. The highest BCUT2D eigenvalue weighted by atomic mass is 35.5. The molecule has 126 valence electrons. The Morgan fingerprint density at radius 2 is 2.00 bits per heavy atom. The molecule has 0 saturated carbocycles. The normalized spacial score (nSPS) is 20.8. The Morgan fingerprint density at radius 3 is 2.71 bits per heavy atom. The monoisotopic (exact) mass is 346 g/mol. The number of carbonyl (C=O) groups is 2. The van der Waals surface area contributed by atoms with Crippen LogP contribution in [0.4, 0.5) is 0 Å². The Hall–Kier alpha value is -2.34. The number of para-hydroxylation sites is 1. The van der Waals surface area contributed by atoms with Gasteiger partial charge in [0.25, 0.3) is 5.91 Å². The molecule has 6 nitrogen and oxygen atoms in total. The summed E-state index contributed by atoms with van der Waals surface area (Å²) >= 11 is 6.17. The van der Waals surface area contributed by atoms with Crippen molar-refractivity contribution < 1.29 is 9.59 Å². The number of piperidine rings is 1. The van der Waals surface area contributed by atoms with Crippen molar-refractivity contribution in [3.63, 3.8) is 0 Å². The number of hydrogen-bond donors (Lipinski definition) is 1. The number of amides is 2. The van der Waals surface area contributed by atoms with E-state index < -0.39 is 0 Å². The quantitative estimate of drug-likeness (QED) is 0.925. The van der Waals surface area contributed by atoms with Gasteiger partial charge in [-0.3, -0.25) is 9.59 Å². The lowest BCUT2D eigenvalue weighted by molar-refractivity contribution is -0.123. The first-order valence-corrected chi connectivity index (χ1v) is 8.26. The molecular formula is C17H19ClN4O2. The van der Waals surface area contributed by atoms with E-state index in [0.717, 1.165) is 6.42 Å². The number of primary amides is 1. The van der Waals surface area contributed by atoms with Crippen molar-refractivity contribution in [1.82, 2.24) is 14.7 Å². The van der Waals surface area contributed by atoms with Gasteiger partial charge >= 0.3 is 0 Å². The number of halogens is 1. The molecule has 3 rings (SSSR count). The standard InChI is InChI=1S/C17H19ClN4O2/c1-11-6-7-12(16(19)23)10-21(11)17(24)14-8-9-22(20-14)15-5-3-2-4-13(15)18/h2-5,8-9,11-12H,6-7,10H2,1H3,(H2,19,23)/t11-,12-/m0/s1. The van der Waals surface area contributed by atoms with E-state index in [0.29, 0.717) is 29.4 Å². The molecule has 0 unspecified atom stereocenters. The van der Waals surface area contributed by atoms with Gasteiger partial charge in [0.05, 0.1) is 16.6 Å². The number of aromatic nitrogens is 2. The van der Waals surface area contributed by atoms with Crippen molar-refractivity contribution in [2.45, 2.75) is 25.8 Å². The van der Waals surface area contributed by atoms with E-state index in [9.17, 15) is 9.59 Å². The van der Waals surface area contributed by atoms with Gasteiger partial charge in [0.2, 0.25) is 5.91 Å². The van der Waals surface area contributed by atoms with Gasteiger partial charge in [0.15, 0.2) is 5.69 Å². The van der Waals surface area contributed by atoms with E-state index in [1.54, 1.807) is 27.9 Å². The average molecular weight is 347 g/mol. The van der Waals surface area contributed by atoms with Gasteiger partial charge in [0, 0.05) is 18.8 Å². The number of hydrogen-bond acceptors (Lipinski definition) is 3. The maximum Gasteiger partial charge on any atom is 0.274 e. The summed E-state index contributed by atoms with van der Waals surface area (Å²) in [5.74, 6) is -0.851. The maximum absolute atomic E-state index is 12.8. The lowest BCUT2D eigenvalue weighted by Gasteiger charge is -2.36. The third-order valence-corrected chi connectivity index (χ3v) is 4.77. The second kappa shape index (κ2) is 6.65. The SMILES string of the molecule is C[C@H]1CC[C@H](C(N)=O)CN1C(=O)c1ccn(-c2ccccc2Cl)n1. The highest BCUT2D eigenvalue weighted by molar-refractivity contribution is 6.32. The molecule has 2 amide bonds. The summed E-state index contributed by atoms with van der Waals surface area (Å²) in [4.78, 5) is 25.9. The molecule has 2 aromatic rings. The summed E-state index contributed by atoms with van der Waals surface area (Å²) in [6.45, 7) is 2.31. The van der Waals surface area contributed by atoms with Crippen molar-refractivity contribution in [3.8, 4) is 5.69 Å². The molecule has 1 aliphatic rings. The highest BCUT2D eigenvalue weighted by Crippen LogP contribution is 2.24. The van der Waals surface area contributed by atoms with Gasteiger partial charge in [-0.1, -0.05) is 23.7 Å². The molecule has 24 heavy (non-hydrogen) atoms. The van der Waals surface area contributed by atoms with E-state index in [1.165, 1.54) is 0 Å². The van der Waals surface area contributed by atoms with Gasteiger partial charge in [-0.2, -0.15) is 5.10 Å². The summed E-state index contributed by atoms with van der Waals surface area (Å²) in [6.07, 6.45) is 3.17. The number of nitrogens with two attached hydrogens (primary N) is 1. The van der Waals surface area contributed by atoms with E-state index in [1.807, 2.05) is 25.1 Å². The number of rotatable bonds is 3. The molecule has 1 aromatic heterocycles. The molecule has 2 heterocycles. The lowest BCUT2D eigenvalue weighted by Crippen LogP contribution is -2.48. The van der Waals surface area contributed by atoms with Crippen LogP contribution in [0.2, 0.25) is 5.02 Å². The highest BCUT2D eigenvalue weighted by Gasteiger charge is 2.32. The first kappa shape index (κ1) is 16.5. The molecule has 2 N–H and O–H groups in total. The summed E-state index contributed by atoms with van der Waals surface area (Å²) in [6, 6.07) is 9.00. The zero-order valence-electron chi connectivity index (χ0n) is 13.4. The third kappa shape index (κ3) is 3.14. The van der Waals surface area contributed by atoms with Crippen LogP contribution in [0.5, 0.6) is 0 Å². The molecule has 1 aliphatic heterocycles. The van der Waals surface area contributed by atoms with E-state index in [4.69, 9.17) is 17.3 Å². The van der Waals surface area contributed by atoms with Crippen LogP contribution in [0.15, 0.2) is 36.5 Å². The molecule has 0 bridgehead atoms. The van der Waals surface area contributed by atoms with Gasteiger partial charge in [-0.15, -0.1) is 0 Å². The molecule has 1 aromatic carbocycles. The Bertz CT molecular complexity index is 773. The fraction of sp³-hybridized carbons (Fsp3) is 0.353. The molecule has 1 fully saturated rings. The number of likely N-dealkylation sites (tertiary alicyclic amines) is 1. The Labute approximate surface area is 145 Å². The van der Waals surface area contributed by atoms with Crippen molar-refractivity contribution in [1.29, 1.82) is 0 Å². The Morgan fingerprint density at radius 1 is 1.25 bits per heavy atom. The average Bonchev–Trinajstić information content (AvgIpc) is 3.04. The van der Waals surface area contributed by atoms with E-state index in [-0.39, 0.29) is 23.8 Å². The van der Waals surface area contributed by atoms with Crippen LogP contribution < -0.4 is 5.73 Å². The fourth-order valence-electron chi connectivity index (χ4n) is 2.98. The van der Waals surface area contributed by atoms with Crippen LogP contribution in [0.25, 0.3) is 5.69 Å². The third-order valence-electron chi connectivity index (χ3n) is 4.45. The second-order valence-electron chi connectivity index (χ2n) is 6.08. The second-order valence-corrected chi connectivity index (χ2v) is 6.49.